The summed E-state index contributed by atoms with van der Waals surface area (Å²) in [6.45, 7) is -0.0516. The molecule has 0 spiro atoms. The third-order valence-electron chi connectivity index (χ3n) is 5.73. The number of benzene rings is 3. The Bertz CT molecular complexity index is 1230. The van der Waals surface area contributed by atoms with Crippen molar-refractivity contribution in [1.29, 1.82) is 0 Å². The molecule has 0 saturated heterocycles. The summed E-state index contributed by atoms with van der Waals surface area (Å²) in [5, 5.41) is 24.3. The SMILES string of the molecule is O=C(CC(O)CNC(=O)OCC1c2ccccc2-c2ccccc21)Nc1ccc(Cl)c(C(=O)O)c1. The number of carboxylic acid groups (broad SMARTS) is 1. The number of halogens is 1. The molecule has 0 heterocycles. The van der Waals surface area contributed by atoms with E-state index in [2.05, 4.69) is 10.6 Å². The summed E-state index contributed by atoms with van der Waals surface area (Å²) in [7, 11) is 0. The Balaban J connectivity index is 1.25. The number of hydrogen-bond donors (Lipinski definition) is 4. The molecule has 8 nitrogen and oxygen atoms in total. The van der Waals surface area contributed by atoms with E-state index < -0.39 is 24.1 Å². The van der Waals surface area contributed by atoms with E-state index in [1.165, 1.54) is 18.2 Å². The van der Waals surface area contributed by atoms with Crippen molar-refractivity contribution in [1.82, 2.24) is 5.32 Å². The van der Waals surface area contributed by atoms with Crippen LogP contribution in [0.5, 0.6) is 0 Å². The number of aromatic carboxylic acids is 1. The number of anilines is 1. The average Bonchev–Trinajstić information content (AvgIpc) is 3.16. The van der Waals surface area contributed by atoms with Crippen molar-refractivity contribution in [3.05, 3.63) is 88.4 Å². The van der Waals surface area contributed by atoms with E-state index in [9.17, 15) is 19.5 Å². The number of ether oxygens (including phenoxy) is 1. The summed E-state index contributed by atoms with van der Waals surface area (Å²) in [5.41, 5.74) is 4.50. The smallest absolute Gasteiger partial charge is 0.407 e. The maximum Gasteiger partial charge on any atom is 0.407 e. The number of nitrogens with one attached hydrogen (secondary N) is 2. The number of carbonyl (C=O) groups excluding carboxylic acids is 2. The van der Waals surface area contributed by atoms with Crippen LogP contribution in [-0.4, -0.2) is 47.4 Å². The molecule has 0 aromatic heterocycles. The molecule has 0 saturated carbocycles. The molecule has 1 aliphatic carbocycles. The third kappa shape index (κ3) is 5.62. The predicted molar refractivity (Wildman–Crippen MR) is 131 cm³/mol. The van der Waals surface area contributed by atoms with Gasteiger partial charge in [0.2, 0.25) is 5.91 Å². The molecule has 35 heavy (non-hydrogen) atoms. The second-order valence-electron chi connectivity index (χ2n) is 8.11. The standard InChI is InChI=1S/C26H23ClN2O6/c27-23-10-9-15(11-21(23)25(32)33)29-24(31)12-16(30)13-28-26(34)35-14-22-19-7-3-1-5-17(19)18-6-2-4-8-20(18)22/h1-11,16,22,30H,12-14H2,(H,28,34)(H,29,31)(H,32,33). The van der Waals surface area contributed by atoms with Gasteiger partial charge in [-0.05, 0) is 40.5 Å². The van der Waals surface area contributed by atoms with E-state index in [1.54, 1.807) is 0 Å². The van der Waals surface area contributed by atoms with E-state index in [0.29, 0.717) is 0 Å². The first-order valence-corrected chi connectivity index (χ1v) is 11.3. The van der Waals surface area contributed by atoms with Gasteiger partial charge in [-0.3, -0.25) is 4.79 Å². The van der Waals surface area contributed by atoms with Gasteiger partial charge in [-0.2, -0.15) is 0 Å². The summed E-state index contributed by atoms with van der Waals surface area (Å²) in [6.07, 6.45) is -2.17. The number of fused-ring (bicyclic) bond motifs is 3. The zero-order valence-corrected chi connectivity index (χ0v) is 19.3. The second kappa shape index (κ2) is 10.6. The van der Waals surface area contributed by atoms with Crippen LogP contribution in [0.15, 0.2) is 66.7 Å². The molecule has 0 aliphatic heterocycles. The van der Waals surface area contributed by atoms with Crippen molar-refractivity contribution < 1.29 is 29.3 Å². The summed E-state index contributed by atoms with van der Waals surface area (Å²) < 4.78 is 5.41. The molecule has 1 atom stereocenters. The van der Waals surface area contributed by atoms with E-state index in [0.717, 1.165) is 22.3 Å². The fourth-order valence-electron chi connectivity index (χ4n) is 4.12. The molecule has 4 N–H and O–H groups in total. The van der Waals surface area contributed by atoms with Crippen molar-refractivity contribution in [2.45, 2.75) is 18.4 Å². The first-order chi connectivity index (χ1) is 16.8. The highest BCUT2D eigenvalue weighted by atomic mass is 35.5. The maximum atomic E-state index is 12.2. The molecular weight excluding hydrogens is 472 g/mol. The molecule has 1 unspecified atom stereocenters. The number of rotatable bonds is 8. The highest BCUT2D eigenvalue weighted by Crippen LogP contribution is 2.44. The van der Waals surface area contributed by atoms with Crippen LogP contribution in [0.1, 0.15) is 33.8 Å². The van der Waals surface area contributed by atoms with Crippen molar-refractivity contribution in [2.24, 2.45) is 0 Å². The van der Waals surface area contributed by atoms with E-state index in [-0.39, 0.29) is 41.8 Å². The zero-order chi connectivity index (χ0) is 24.9. The monoisotopic (exact) mass is 494 g/mol. The van der Waals surface area contributed by atoms with Crippen LogP contribution in [0.3, 0.4) is 0 Å². The maximum absolute atomic E-state index is 12.2. The van der Waals surface area contributed by atoms with E-state index in [4.69, 9.17) is 21.4 Å². The molecule has 180 valence electrons. The number of carboxylic acids is 1. The summed E-state index contributed by atoms with van der Waals surface area (Å²) in [5.74, 6) is -1.86. The number of carbonyl (C=O) groups is 3. The lowest BCUT2D eigenvalue weighted by Gasteiger charge is -2.16. The lowest BCUT2D eigenvalue weighted by molar-refractivity contribution is -0.118. The fourth-order valence-corrected chi connectivity index (χ4v) is 4.31. The van der Waals surface area contributed by atoms with E-state index >= 15 is 0 Å². The van der Waals surface area contributed by atoms with Gasteiger partial charge in [0, 0.05) is 18.2 Å². The fraction of sp³-hybridized carbons (Fsp3) is 0.192. The minimum Gasteiger partial charge on any atom is -0.478 e. The number of aliphatic hydroxyl groups excluding tert-OH is 1. The normalized spacial score (nSPS) is 12.9. The minimum atomic E-state index is -1.22. The second-order valence-corrected chi connectivity index (χ2v) is 8.52. The van der Waals surface area contributed by atoms with Crippen molar-refractivity contribution in [2.75, 3.05) is 18.5 Å². The molecule has 3 aromatic carbocycles. The molecule has 3 aromatic rings. The van der Waals surface area contributed by atoms with Gasteiger partial charge in [0.1, 0.15) is 6.61 Å². The predicted octanol–water partition coefficient (Wildman–Crippen LogP) is 4.27. The van der Waals surface area contributed by atoms with Crippen LogP contribution in [-0.2, 0) is 9.53 Å². The van der Waals surface area contributed by atoms with Crippen LogP contribution < -0.4 is 10.6 Å². The van der Waals surface area contributed by atoms with Crippen LogP contribution in [0.2, 0.25) is 5.02 Å². The Labute approximate surface area is 206 Å². The van der Waals surface area contributed by atoms with Crippen molar-refractivity contribution >= 4 is 35.3 Å². The lowest BCUT2D eigenvalue weighted by Crippen LogP contribution is -2.35. The molecule has 1 aliphatic rings. The molecule has 9 heteroatoms. The lowest BCUT2D eigenvalue weighted by atomic mass is 9.98. The van der Waals surface area contributed by atoms with Crippen LogP contribution in [0.4, 0.5) is 10.5 Å². The molecule has 0 radical (unpaired) electrons. The molecule has 4 rings (SSSR count). The van der Waals surface area contributed by atoms with Gasteiger partial charge in [0.05, 0.1) is 23.1 Å². The number of amides is 2. The van der Waals surface area contributed by atoms with Gasteiger partial charge in [0.25, 0.3) is 0 Å². The number of hydrogen-bond acceptors (Lipinski definition) is 5. The van der Waals surface area contributed by atoms with Gasteiger partial charge in [-0.25, -0.2) is 9.59 Å². The van der Waals surface area contributed by atoms with Crippen molar-refractivity contribution in [3.8, 4) is 11.1 Å². The largest absolute Gasteiger partial charge is 0.478 e. The molecular formula is C26H23ClN2O6. The summed E-state index contributed by atoms with van der Waals surface area (Å²) in [4.78, 5) is 35.6. The summed E-state index contributed by atoms with van der Waals surface area (Å²) >= 11 is 5.81. The van der Waals surface area contributed by atoms with Crippen molar-refractivity contribution in [3.63, 3.8) is 0 Å². The number of alkyl carbamates (subject to hydrolysis) is 1. The molecule has 2 amide bonds. The first-order valence-electron chi connectivity index (χ1n) is 10.9. The van der Waals surface area contributed by atoms with Gasteiger partial charge in [-0.1, -0.05) is 60.1 Å². The van der Waals surface area contributed by atoms with Gasteiger partial charge < -0.3 is 25.6 Å². The van der Waals surface area contributed by atoms with Gasteiger partial charge in [-0.15, -0.1) is 0 Å². The highest BCUT2D eigenvalue weighted by molar-refractivity contribution is 6.33. The zero-order valence-electron chi connectivity index (χ0n) is 18.5. The average molecular weight is 495 g/mol. The Kier molecular flexibility index (Phi) is 7.33. The Morgan fingerprint density at radius 1 is 0.971 bits per heavy atom. The Morgan fingerprint density at radius 2 is 1.60 bits per heavy atom. The van der Waals surface area contributed by atoms with Gasteiger partial charge in [0.15, 0.2) is 0 Å². The van der Waals surface area contributed by atoms with Gasteiger partial charge >= 0.3 is 12.1 Å². The quantitative estimate of drug-likeness (QED) is 0.370. The molecule has 0 fully saturated rings. The Morgan fingerprint density at radius 3 is 2.23 bits per heavy atom. The minimum absolute atomic E-state index is 0.0443. The topological polar surface area (TPSA) is 125 Å². The molecule has 0 bridgehead atoms. The van der Waals surface area contributed by atoms with Crippen LogP contribution in [0, 0.1) is 0 Å². The summed E-state index contributed by atoms with van der Waals surface area (Å²) in [6, 6.07) is 20.0. The Hall–Kier alpha value is -3.88. The third-order valence-corrected chi connectivity index (χ3v) is 6.06. The highest BCUT2D eigenvalue weighted by Gasteiger charge is 2.29. The first kappa shape index (κ1) is 24.3. The van der Waals surface area contributed by atoms with Crippen LogP contribution >= 0.6 is 11.6 Å². The number of aliphatic hydroxyl groups is 1. The van der Waals surface area contributed by atoms with E-state index in [1.807, 2.05) is 48.5 Å². The van der Waals surface area contributed by atoms with Crippen LogP contribution in [0.25, 0.3) is 11.1 Å².